The highest BCUT2D eigenvalue weighted by atomic mass is 16.3. The Hall–Kier alpha value is -1.59. The van der Waals surface area contributed by atoms with Gasteiger partial charge >= 0.3 is 0 Å². The summed E-state index contributed by atoms with van der Waals surface area (Å²) in [7, 11) is 3.99. The van der Waals surface area contributed by atoms with Crippen LogP contribution in [0.5, 0.6) is 0 Å². The first-order valence-electron chi connectivity index (χ1n) is 6.58. The van der Waals surface area contributed by atoms with Gasteiger partial charge in [0.15, 0.2) is 0 Å². The zero-order valence-electron chi connectivity index (χ0n) is 11.8. The van der Waals surface area contributed by atoms with Crippen molar-refractivity contribution in [2.24, 2.45) is 12.8 Å². The number of hydrogen-bond acceptors (Lipinski definition) is 4. The molecule has 0 spiro atoms. The lowest BCUT2D eigenvalue weighted by Gasteiger charge is -2.31. The van der Waals surface area contributed by atoms with Crippen molar-refractivity contribution in [1.29, 1.82) is 0 Å². The van der Waals surface area contributed by atoms with Gasteiger partial charge in [0.2, 0.25) is 0 Å². The summed E-state index contributed by atoms with van der Waals surface area (Å²) in [5.74, 6) is 0.944. The van der Waals surface area contributed by atoms with E-state index in [4.69, 9.17) is 10.2 Å². The Bertz CT molecular complexity index is 491. The lowest BCUT2D eigenvalue weighted by Crippen LogP contribution is -2.38. The fourth-order valence-corrected chi connectivity index (χ4v) is 2.39. The molecule has 2 unspecified atom stereocenters. The predicted molar refractivity (Wildman–Crippen MR) is 74.4 cm³/mol. The van der Waals surface area contributed by atoms with E-state index in [-0.39, 0.29) is 12.1 Å². The maximum atomic E-state index is 6.28. The molecule has 0 amide bonds. The van der Waals surface area contributed by atoms with Gasteiger partial charge in [-0.1, -0.05) is 6.92 Å². The van der Waals surface area contributed by atoms with Crippen molar-refractivity contribution in [1.82, 2.24) is 14.7 Å². The van der Waals surface area contributed by atoms with Crippen LogP contribution in [0.2, 0.25) is 0 Å². The van der Waals surface area contributed by atoms with E-state index in [9.17, 15) is 0 Å². The molecule has 2 rings (SSSR count). The van der Waals surface area contributed by atoms with Crippen LogP contribution < -0.4 is 5.73 Å². The summed E-state index contributed by atoms with van der Waals surface area (Å²) in [5.41, 5.74) is 7.42. The second kappa shape index (κ2) is 6.04. The van der Waals surface area contributed by atoms with Crippen molar-refractivity contribution >= 4 is 0 Å². The number of likely N-dealkylation sites (N-methyl/N-ethyl adjacent to an activating group) is 1. The highest BCUT2D eigenvalue weighted by Crippen LogP contribution is 2.25. The molecule has 0 saturated carbocycles. The molecular formula is C14H22N4O. The molecule has 2 heterocycles. The SMILES string of the molecule is CCC(N)C(c1cnn(C)c1)N(C)Cc1ccco1. The standard InChI is InChI=1S/C14H22N4O/c1-4-13(15)14(11-8-16-18(3)9-11)17(2)10-12-6-5-7-19-12/h5-9,13-14H,4,10,15H2,1-3H3. The Morgan fingerprint density at radius 1 is 1.53 bits per heavy atom. The summed E-state index contributed by atoms with van der Waals surface area (Å²) in [6.07, 6.45) is 6.53. The summed E-state index contributed by atoms with van der Waals surface area (Å²) in [6, 6.07) is 4.10. The monoisotopic (exact) mass is 262 g/mol. The molecule has 0 fully saturated rings. The zero-order chi connectivity index (χ0) is 13.8. The number of furan rings is 1. The molecule has 19 heavy (non-hydrogen) atoms. The van der Waals surface area contributed by atoms with Gasteiger partial charge < -0.3 is 10.2 Å². The topological polar surface area (TPSA) is 60.2 Å². The van der Waals surface area contributed by atoms with Crippen LogP contribution in [0.1, 0.15) is 30.7 Å². The Kier molecular flexibility index (Phi) is 4.39. The third-order valence-electron chi connectivity index (χ3n) is 3.40. The van der Waals surface area contributed by atoms with Gasteiger partial charge in [-0.3, -0.25) is 9.58 Å². The minimum Gasteiger partial charge on any atom is -0.468 e. The smallest absolute Gasteiger partial charge is 0.117 e. The molecule has 0 aliphatic rings. The van der Waals surface area contributed by atoms with Gasteiger partial charge in [-0.2, -0.15) is 5.10 Å². The van der Waals surface area contributed by atoms with Gasteiger partial charge in [-0.25, -0.2) is 0 Å². The van der Waals surface area contributed by atoms with Crippen molar-refractivity contribution < 1.29 is 4.42 Å². The molecule has 2 atom stereocenters. The lowest BCUT2D eigenvalue weighted by atomic mass is 9.99. The molecule has 0 saturated heterocycles. The van der Waals surface area contributed by atoms with E-state index in [1.807, 2.05) is 36.3 Å². The molecule has 2 aromatic heterocycles. The summed E-state index contributed by atoms with van der Waals surface area (Å²) < 4.78 is 7.22. The second-order valence-electron chi connectivity index (χ2n) is 4.96. The molecule has 0 aliphatic heterocycles. The van der Waals surface area contributed by atoms with Gasteiger partial charge in [-0.15, -0.1) is 0 Å². The van der Waals surface area contributed by atoms with Gasteiger partial charge in [0.05, 0.1) is 25.0 Å². The summed E-state index contributed by atoms with van der Waals surface area (Å²) in [4.78, 5) is 2.21. The minimum atomic E-state index is 0.0733. The summed E-state index contributed by atoms with van der Waals surface area (Å²) in [5, 5.41) is 4.24. The Balaban J connectivity index is 2.17. The van der Waals surface area contributed by atoms with Crippen LogP contribution in [0, 0.1) is 0 Å². The summed E-state index contributed by atoms with van der Waals surface area (Å²) in [6.45, 7) is 2.84. The maximum absolute atomic E-state index is 6.28. The fraction of sp³-hybridized carbons (Fsp3) is 0.500. The van der Waals surface area contributed by atoms with E-state index < -0.39 is 0 Å². The number of rotatable bonds is 6. The predicted octanol–water partition coefficient (Wildman–Crippen LogP) is 1.92. The van der Waals surface area contributed by atoms with Crippen molar-refractivity contribution in [3.8, 4) is 0 Å². The number of aromatic nitrogens is 2. The first-order chi connectivity index (χ1) is 9.11. The van der Waals surface area contributed by atoms with E-state index in [2.05, 4.69) is 24.0 Å². The van der Waals surface area contributed by atoms with Crippen molar-refractivity contribution in [3.05, 3.63) is 42.1 Å². The second-order valence-corrected chi connectivity index (χ2v) is 4.96. The fourth-order valence-electron chi connectivity index (χ4n) is 2.39. The molecular weight excluding hydrogens is 240 g/mol. The van der Waals surface area contributed by atoms with E-state index >= 15 is 0 Å². The minimum absolute atomic E-state index is 0.0733. The molecule has 0 aliphatic carbocycles. The van der Waals surface area contributed by atoms with Crippen LogP contribution in [0.25, 0.3) is 0 Å². The normalized spacial score (nSPS) is 14.8. The van der Waals surface area contributed by atoms with E-state index in [0.717, 1.165) is 24.3 Å². The van der Waals surface area contributed by atoms with Crippen LogP contribution >= 0.6 is 0 Å². The average Bonchev–Trinajstić information content (AvgIpc) is 3.01. The summed E-state index contributed by atoms with van der Waals surface area (Å²) >= 11 is 0. The number of aryl methyl sites for hydroxylation is 1. The number of nitrogens with two attached hydrogens (primary N) is 1. The highest BCUT2D eigenvalue weighted by molar-refractivity contribution is 5.13. The Labute approximate surface area is 114 Å². The van der Waals surface area contributed by atoms with Crippen LogP contribution in [0.15, 0.2) is 35.2 Å². The molecule has 2 N–H and O–H groups in total. The van der Waals surface area contributed by atoms with Crippen LogP contribution in [0.3, 0.4) is 0 Å². The van der Waals surface area contributed by atoms with Crippen molar-refractivity contribution in [2.45, 2.75) is 32.0 Å². The molecule has 2 aromatic rings. The van der Waals surface area contributed by atoms with Crippen LogP contribution in [-0.2, 0) is 13.6 Å². The van der Waals surface area contributed by atoms with Gasteiger partial charge in [-0.05, 0) is 25.6 Å². The van der Waals surface area contributed by atoms with Gasteiger partial charge in [0.25, 0.3) is 0 Å². The van der Waals surface area contributed by atoms with Gasteiger partial charge in [0.1, 0.15) is 5.76 Å². The quantitative estimate of drug-likeness (QED) is 0.864. The lowest BCUT2D eigenvalue weighted by molar-refractivity contribution is 0.188. The first-order valence-corrected chi connectivity index (χ1v) is 6.58. The molecule has 5 heteroatoms. The number of nitrogens with zero attached hydrogens (tertiary/aromatic N) is 3. The van der Waals surface area contributed by atoms with E-state index in [1.54, 1.807) is 6.26 Å². The number of hydrogen-bond donors (Lipinski definition) is 1. The molecule has 0 bridgehead atoms. The molecule has 0 aromatic carbocycles. The molecule has 5 nitrogen and oxygen atoms in total. The highest BCUT2D eigenvalue weighted by Gasteiger charge is 2.24. The van der Waals surface area contributed by atoms with E-state index in [1.165, 1.54) is 0 Å². The Morgan fingerprint density at radius 3 is 2.84 bits per heavy atom. The van der Waals surface area contributed by atoms with Gasteiger partial charge in [0, 0.05) is 24.8 Å². The average molecular weight is 262 g/mol. The van der Waals surface area contributed by atoms with Crippen LogP contribution in [0.4, 0.5) is 0 Å². The van der Waals surface area contributed by atoms with Crippen molar-refractivity contribution in [3.63, 3.8) is 0 Å². The maximum Gasteiger partial charge on any atom is 0.117 e. The third-order valence-corrected chi connectivity index (χ3v) is 3.40. The first kappa shape index (κ1) is 13.8. The zero-order valence-corrected chi connectivity index (χ0v) is 11.8. The van der Waals surface area contributed by atoms with Crippen molar-refractivity contribution in [2.75, 3.05) is 7.05 Å². The molecule has 0 radical (unpaired) electrons. The van der Waals surface area contributed by atoms with Crippen LogP contribution in [-0.4, -0.2) is 27.8 Å². The Morgan fingerprint density at radius 2 is 2.32 bits per heavy atom. The third kappa shape index (κ3) is 3.24. The molecule has 104 valence electrons. The van der Waals surface area contributed by atoms with E-state index in [0.29, 0.717) is 0 Å². The largest absolute Gasteiger partial charge is 0.468 e.